The summed E-state index contributed by atoms with van der Waals surface area (Å²) >= 11 is 0. The van der Waals surface area contributed by atoms with Gasteiger partial charge in [0.1, 0.15) is 6.54 Å². The molecule has 0 N–H and O–H groups in total. The third-order valence-electron chi connectivity index (χ3n) is 3.80. The molecule has 0 atom stereocenters. The molecular formula is C10H20NO+. The maximum atomic E-state index is 5.17. The molecule has 0 spiro atoms. The Kier molecular flexibility index (Phi) is 2.37. The number of hydrogen-bond acceptors (Lipinski definition) is 1. The van der Waals surface area contributed by atoms with E-state index < -0.39 is 0 Å². The molecule has 2 bridgehead atoms. The molecule has 3 saturated heterocycles. The minimum absolute atomic E-state index is 0.949. The maximum Gasteiger partial charge on any atom is 0.102 e. The van der Waals surface area contributed by atoms with Crippen molar-refractivity contribution in [3.63, 3.8) is 0 Å². The van der Waals surface area contributed by atoms with Crippen LogP contribution >= 0.6 is 0 Å². The summed E-state index contributed by atoms with van der Waals surface area (Å²) in [5.41, 5.74) is 0. The Labute approximate surface area is 75.1 Å². The van der Waals surface area contributed by atoms with Gasteiger partial charge in [0.25, 0.3) is 0 Å². The lowest BCUT2D eigenvalue weighted by molar-refractivity contribution is -0.942. The standard InChI is InChI=1S/C10H20NO/c1-12-9-8-11-5-2-10(3-6-11)4-7-11/h10H,2-9H2,1H3/q+1. The smallest absolute Gasteiger partial charge is 0.102 e. The van der Waals surface area contributed by atoms with Gasteiger partial charge >= 0.3 is 0 Å². The van der Waals surface area contributed by atoms with Gasteiger partial charge in [0, 0.05) is 7.11 Å². The Morgan fingerprint density at radius 3 is 2.25 bits per heavy atom. The van der Waals surface area contributed by atoms with Crippen LogP contribution in [-0.2, 0) is 4.74 Å². The Morgan fingerprint density at radius 2 is 1.75 bits per heavy atom. The van der Waals surface area contributed by atoms with Crippen molar-refractivity contribution >= 4 is 0 Å². The summed E-state index contributed by atoms with van der Waals surface area (Å²) in [6, 6.07) is 0. The van der Waals surface area contributed by atoms with Gasteiger partial charge in [-0.1, -0.05) is 0 Å². The first-order valence-electron chi connectivity index (χ1n) is 5.19. The largest absolute Gasteiger partial charge is 0.379 e. The summed E-state index contributed by atoms with van der Waals surface area (Å²) in [5.74, 6) is 1.08. The SMILES string of the molecule is COCC[N+]12CCC(CC1)CC2. The first kappa shape index (κ1) is 8.52. The molecule has 3 aliphatic rings. The average molecular weight is 170 g/mol. The van der Waals surface area contributed by atoms with Gasteiger partial charge in [0.05, 0.1) is 26.2 Å². The summed E-state index contributed by atoms with van der Waals surface area (Å²) < 4.78 is 6.54. The molecule has 0 aromatic rings. The van der Waals surface area contributed by atoms with Crippen molar-refractivity contribution in [1.82, 2.24) is 0 Å². The van der Waals surface area contributed by atoms with Crippen LogP contribution in [0.1, 0.15) is 19.3 Å². The van der Waals surface area contributed by atoms with E-state index in [0.29, 0.717) is 0 Å². The Morgan fingerprint density at radius 1 is 1.17 bits per heavy atom. The number of fused-ring (bicyclic) bond motifs is 3. The van der Waals surface area contributed by atoms with Gasteiger partial charge in [-0.05, 0) is 25.2 Å². The monoisotopic (exact) mass is 170 g/mol. The predicted molar refractivity (Wildman–Crippen MR) is 48.9 cm³/mol. The van der Waals surface area contributed by atoms with Gasteiger partial charge in [-0.2, -0.15) is 0 Å². The van der Waals surface area contributed by atoms with E-state index in [1.165, 1.54) is 49.9 Å². The highest BCUT2D eigenvalue weighted by atomic mass is 16.5. The van der Waals surface area contributed by atoms with E-state index in [2.05, 4.69) is 0 Å². The molecule has 0 amide bonds. The zero-order chi connectivity index (χ0) is 8.44. The van der Waals surface area contributed by atoms with Crippen LogP contribution in [-0.4, -0.2) is 44.4 Å². The van der Waals surface area contributed by atoms with E-state index in [0.717, 1.165) is 12.5 Å². The molecule has 2 nitrogen and oxygen atoms in total. The van der Waals surface area contributed by atoms with Gasteiger partial charge in [0.2, 0.25) is 0 Å². The van der Waals surface area contributed by atoms with Crippen molar-refractivity contribution in [2.24, 2.45) is 5.92 Å². The minimum Gasteiger partial charge on any atom is -0.379 e. The fraction of sp³-hybridized carbons (Fsp3) is 1.00. The summed E-state index contributed by atoms with van der Waals surface area (Å²) in [6.45, 7) is 6.48. The number of piperidine rings is 3. The molecule has 3 rings (SSSR count). The number of quaternary nitrogens is 1. The number of nitrogens with zero attached hydrogens (tertiary/aromatic N) is 1. The number of ether oxygens (including phenoxy) is 1. The fourth-order valence-electron chi connectivity index (χ4n) is 2.76. The topological polar surface area (TPSA) is 9.23 Å². The van der Waals surface area contributed by atoms with Crippen LogP contribution in [0.15, 0.2) is 0 Å². The number of methoxy groups -OCH3 is 1. The van der Waals surface area contributed by atoms with Crippen molar-refractivity contribution in [3.8, 4) is 0 Å². The van der Waals surface area contributed by atoms with Crippen LogP contribution in [0.2, 0.25) is 0 Å². The third-order valence-corrected chi connectivity index (χ3v) is 3.80. The van der Waals surface area contributed by atoms with Crippen LogP contribution in [0.4, 0.5) is 0 Å². The number of hydrogen-bond donors (Lipinski definition) is 0. The Hall–Kier alpha value is -0.0800. The second-order valence-electron chi connectivity index (χ2n) is 4.46. The zero-order valence-corrected chi connectivity index (χ0v) is 8.09. The second kappa shape index (κ2) is 3.35. The highest BCUT2D eigenvalue weighted by Crippen LogP contribution is 2.32. The second-order valence-corrected chi connectivity index (χ2v) is 4.46. The van der Waals surface area contributed by atoms with Crippen molar-refractivity contribution in [1.29, 1.82) is 0 Å². The van der Waals surface area contributed by atoms with Crippen molar-refractivity contribution in [2.75, 3.05) is 39.9 Å². The van der Waals surface area contributed by atoms with E-state index in [4.69, 9.17) is 4.74 Å². The molecule has 0 radical (unpaired) electrons. The van der Waals surface area contributed by atoms with Crippen LogP contribution in [0.5, 0.6) is 0 Å². The Bertz CT molecular complexity index is 136. The normalized spacial score (nSPS) is 40.2. The van der Waals surface area contributed by atoms with Gasteiger partial charge in [-0.3, -0.25) is 0 Å². The van der Waals surface area contributed by atoms with Gasteiger partial charge in [0.15, 0.2) is 0 Å². The van der Waals surface area contributed by atoms with Crippen molar-refractivity contribution < 1.29 is 9.22 Å². The molecule has 70 valence electrons. The van der Waals surface area contributed by atoms with Crippen molar-refractivity contribution in [2.45, 2.75) is 19.3 Å². The first-order chi connectivity index (χ1) is 5.85. The lowest BCUT2D eigenvalue weighted by Gasteiger charge is -2.49. The van der Waals surface area contributed by atoms with E-state index in [1.54, 1.807) is 0 Å². The van der Waals surface area contributed by atoms with E-state index >= 15 is 0 Å². The molecule has 0 aromatic carbocycles. The molecule has 0 aromatic heterocycles. The third kappa shape index (κ3) is 1.50. The summed E-state index contributed by atoms with van der Waals surface area (Å²) in [4.78, 5) is 0. The van der Waals surface area contributed by atoms with Gasteiger partial charge in [-0.15, -0.1) is 0 Å². The maximum absolute atomic E-state index is 5.17. The van der Waals surface area contributed by atoms with Crippen LogP contribution in [0.3, 0.4) is 0 Å². The zero-order valence-electron chi connectivity index (χ0n) is 8.09. The molecular weight excluding hydrogens is 150 g/mol. The van der Waals surface area contributed by atoms with E-state index in [1.807, 2.05) is 7.11 Å². The Balaban J connectivity index is 1.90. The summed E-state index contributed by atoms with van der Waals surface area (Å²) in [6.07, 6.45) is 4.43. The van der Waals surface area contributed by atoms with Crippen LogP contribution in [0.25, 0.3) is 0 Å². The van der Waals surface area contributed by atoms with Crippen LogP contribution in [0, 0.1) is 5.92 Å². The molecule has 0 unspecified atom stereocenters. The molecule has 3 aliphatic heterocycles. The molecule has 2 heteroatoms. The molecule has 3 heterocycles. The average Bonchev–Trinajstić information content (AvgIpc) is 2.18. The quantitative estimate of drug-likeness (QED) is 0.579. The molecule has 0 aliphatic carbocycles. The van der Waals surface area contributed by atoms with E-state index in [9.17, 15) is 0 Å². The molecule has 0 saturated carbocycles. The van der Waals surface area contributed by atoms with Crippen molar-refractivity contribution in [3.05, 3.63) is 0 Å². The lowest BCUT2D eigenvalue weighted by atomic mass is 9.86. The lowest BCUT2D eigenvalue weighted by Crippen LogP contribution is -2.59. The molecule has 3 fully saturated rings. The first-order valence-corrected chi connectivity index (χ1v) is 5.19. The summed E-state index contributed by atoms with van der Waals surface area (Å²) in [5, 5.41) is 0. The van der Waals surface area contributed by atoms with Gasteiger partial charge in [-0.25, -0.2) is 0 Å². The summed E-state index contributed by atoms with van der Waals surface area (Å²) in [7, 11) is 1.81. The van der Waals surface area contributed by atoms with Crippen LogP contribution < -0.4 is 0 Å². The fourth-order valence-corrected chi connectivity index (χ4v) is 2.76. The highest BCUT2D eigenvalue weighted by Gasteiger charge is 2.38. The van der Waals surface area contributed by atoms with Gasteiger partial charge < -0.3 is 9.22 Å². The minimum atomic E-state index is 0.949. The predicted octanol–water partition coefficient (Wildman–Crippen LogP) is 1.26. The molecule has 12 heavy (non-hydrogen) atoms. The van der Waals surface area contributed by atoms with E-state index in [-0.39, 0.29) is 0 Å². The number of rotatable bonds is 3. The highest BCUT2D eigenvalue weighted by molar-refractivity contribution is 4.71.